The molecule has 1 N–H and O–H groups in total. The van der Waals surface area contributed by atoms with Crippen LogP contribution in [0.5, 0.6) is 11.5 Å². The first-order valence-electron chi connectivity index (χ1n) is 8.95. The molecule has 2 aromatic rings. The molecule has 1 saturated heterocycles. The van der Waals surface area contributed by atoms with Crippen molar-refractivity contribution in [3.8, 4) is 11.5 Å². The molecule has 0 bridgehead atoms. The first kappa shape index (κ1) is 17.6. The van der Waals surface area contributed by atoms with Crippen molar-refractivity contribution in [2.45, 2.75) is 32.4 Å². The molecule has 0 aliphatic carbocycles. The molecule has 0 spiro atoms. The first-order chi connectivity index (χ1) is 12.2. The number of methoxy groups -OCH3 is 2. The number of nitrogens with zero attached hydrogens (tertiary/aromatic N) is 1. The third-order valence-corrected chi connectivity index (χ3v) is 4.95. The smallest absolute Gasteiger partial charge is 0.161 e. The zero-order chi connectivity index (χ0) is 17.6. The summed E-state index contributed by atoms with van der Waals surface area (Å²) in [5, 5.41) is 3.70. The number of rotatable bonds is 6. The number of likely N-dealkylation sites (tertiary alicyclic amines) is 1. The van der Waals surface area contributed by atoms with E-state index in [-0.39, 0.29) is 0 Å². The van der Waals surface area contributed by atoms with E-state index in [0.29, 0.717) is 6.04 Å². The van der Waals surface area contributed by atoms with Crippen molar-refractivity contribution >= 4 is 5.69 Å². The van der Waals surface area contributed by atoms with E-state index in [1.165, 1.54) is 29.7 Å². The van der Waals surface area contributed by atoms with Crippen LogP contribution in [0, 0.1) is 6.92 Å². The lowest BCUT2D eigenvalue weighted by atomic mass is 10.0. The normalized spacial score (nSPS) is 15.8. The molecule has 2 aromatic carbocycles. The quantitative estimate of drug-likeness (QED) is 0.859. The maximum Gasteiger partial charge on any atom is 0.161 e. The minimum atomic E-state index is 0.558. The molecule has 0 atom stereocenters. The number of piperidine rings is 1. The van der Waals surface area contributed by atoms with Crippen molar-refractivity contribution < 1.29 is 9.47 Å². The van der Waals surface area contributed by atoms with Gasteiger partial charge in [-0.2, -0.15) is 0 Å². The van der Waals surface area contributed by atoms with E-state index in [0.717, 1.165) is 31.1 Å². The molecule has 1 heterocycles. The molecule has 0 unspecified atom stereocenters. The van der Waals surface area contributed by atoms with Crippen molar-refractivity contribution in [1.29, 1.82) is 0 Å². The second-order valence-corrected chi connectivity index (χ2v) is 6.70. The van der Waals surface area contributed by atoms with Crippen molar-refractivity contribution in [1.82, 2.24) is 4.90 Å². The molecule has 1 aliphatic heterocycles. The van der Waals surface area contributed by atoms with Crippen LogP contribution in [0.2, 0.25) is 0 Å². The highest BCUT2D eigenvalue weighted by Crippen LogP contribution is 2.28. The van der Waals surface area contributed by atoms with Gasteiger partial charge in [0.1, 0.15) is 0 Å². The topological polar surface area (TPSA) is 33.7 Å². The van der Waals surface area contributed by atoms with E-state index >= 15 is 0 Å². The Balaban J connectivity index is 1.53. The van der Waals surface area contributed by atoms with Gasteiger partial charge in [-0.25, -0.2) is 0 Å². The van der Waals surface area contributed by atoms with Crippen LogP contribution in [0.15, 0.2) is 42.5 Å². The summed E-state index contributed by atoms with van der Waals surface area (Å²) in [5.41, 5.74) is 3.85. The number of hydrogen-bond donors (Lipinski definition) is 1. The van der Waals surface area contributed by atoms with Gasteiger partial charge < -0.3 is 14.8 Å². The Kier molecular flexibility index (Phi) is 5.82. The van der Waals surface area contributed by atoms with Crippen molar-refractivity contribution in [2.75, 3.05) is 32.6 Å². The first-order valence-corrected chi connectivity index (χ1v) is 8.95. The van der Waals surface area contributed by atoms with Gasteiger partial charge in [0.05, 0.1) is 14.2 Å². The lowest BCUT2D eigenvalue weighted by molar-refractivity contribution is 0.211. The molecule has 1 aliphatic rings. The summed E-state index contributed by atoms with van der Waals surface area (Å²) >= 11 is 0. The van der Waals surface area contributed by atoms with Crippen LogP contribution in [-0.4, -0.2) is 38.3 Å². The molecule has 0 saturated carbocycles. The second kappa shape index (κ2) is 8.26. The standard InChI is InChI=1S/C21H28N2O2/c1-16-6-4-5-7-19(16)22-18-10-12-23(13-11-18)15-17-8-9-20(24-2)21(14-17)25-3/h4-9,14,18,22H,10-13,15H2,1-3H3. The van der Waals surface area contributed by atoms with E-state index in [2.05, 4.69) is 53.5 Å². The SMILES string of the molecule is COc1ccc(CN2CCC(Nc3ccccc3C)CC2)cc1OC. The molecule has 25 heavy (non-hydrogen) atoms. The van der Waals surface area contributed by atoms with E-state index in [4.69, 9.17) is 9.47 Å². The molecule has 3 rings (SSSR count). The number of hydrogen-bond acceptors (Lipinski definition) is 4. The average molecular weight is 340 g/mol. The van der Waals surface area contributed by atoms with Gasteiger partial charge in [-0.15, -0.1) is 0 Å². The van der Waals surface area contributed by atoms with Crippen molar-refractivity contribution in [3.63, 3.8) is 0 Å². The summed E-state index contributed by atoms with van der Waals surface area (Å²) in [6.07, 6.45) is 2.34. The van der Waals surface area contributed by atoms with Crippen LogP contribution < -0.4 is 14.8 Å². The molecular formula is C21H28N2O2. The fourth-order valence-corrected chi connectivity index (χ4v) is 3.43. The summed E-state index contributed by atoms with van der Waals surface area (Å²) in [4.78, 5) is 2.51. The van der Waals surface area contributed by atoms with Gasteiger partial charge in [-0.1, -0.05) is 24.3 Å². The van der Waals surface area contributed by atoms with Gasteiger partial charge >= 0.3 is 0 Å². The maximum atomic E-state index is 5.41. The number of aryl methyl sites for hydroxylation is 1. The molecular weight excluding hydrogens is 312 g/mol. The van der Waals surface area contributed by atoms with Gasteiger partial charge in [0.15, 0.2) is 11.5 Å². The van der Waals surface area contributed by atoms with Crippen LogP contribution in [-0.2, 0) is 6.54 Å². The highest BCUT2D eigenvalue weighted by molar-refractivity contribution is 5.51. The van der Waals surface area contributed by atoms with Crippen LogP contribution in [0.1, 0.15) is 24.0 Å². The minimum absolute atomic E-state index is 0.558. The zero-order valence-electron chi connectivity index (χ0n) is 15.4. The summed E-state index contributed by atoms with van der Waals surface area (Å²) in [6, 6.07) is 15.3. The van der Waals surface area contributed by atoms with Crippen LogP contribution >= 0.6 is 0 Å². The average Bonchev–Trinajstić information content (AvgIpc) is 2.65. The predicted octanol–water partition coefficient (Wildman–Crippen LogP) is 4.09. The highest BCUT2D eigenvalue weighted by Gasteiger charge is 2.20. The lowest BCUT2D eigenvalue weighted by Crippen LogP contribution is -2.38. The van der Waals surface area contributed by atoms with E-state index in [1.54, 1.807) is 14.2 Å². The molecule has 0 aromatic heterocycles. The maximum absolute atomic E-state index is 5.41. The summed E-state index contributed by atoms with van der Waals surface area (Å²) in [6.45, 7) is 5.34. The predicted molar refractivity (Wildman–Crippen MR) is 103 cm³/mol. The summed E-state index contributed by atoms with van der Waals surface area (Å²) < 4.78 is 10.7. The fraction of sp³-hybridized carbons (Fsp3) is 0.429. The minimum Gasteiger partial charge on any atom is -0.493 e. The zero-order valence-corrected chi connectivity index (χ0v) is 15.4. The Bertz CT molecular complexity index is 694. The van der Waals surface area contributed by atoms with Gasteiger partial charge in [0, 0.05) is 31.4 Å². The molecule has 0 amide bonds. The molecule has 134 valence electrons. The Hall–Kier alpha value is -2.20. The monoisotopic (exact) mass is 340 g/mol. The third kappa shape index (κ3) is 4.45. The molecule has 0 radical (unpaired) electrons. The van der Waals surface area contributed by atoms with Crippen LogP contribution in [0.4, 0.5) is 5.69 Å². The number of para-hydroxylation sites is 1. The number of nitrogens with one attached hydrogen (secondary N) is 1. The van der Waals surface area contributed by atoms with Crippen molar-refractivity contribution in [3.05, 3.63) is 53.6 Å². The van der Waals surface area contributed by atoms with Gasteiger partial charge in [0.25, 0.3) is 0 Å². The van der Waals surface area contributed by atoms with Crippen LogP contribution in [0.25, 0.3) is 0 Å². The largest absolute Gasteiger partial charge is 0.493 e. The summed E-state index contributed by atoms with van der Waals surface area (Å²) in [5.74, 6) is 1.59. The number of ether oxygens (including phenoxy) is 2. The number of benzene rings is 2. The Labute approximate surface area is 150 Å². The lowest BCUT2D eigenvalue weighted by Gasteiger charge is -2.33. The highest BCUT2D eigenvalue weighted by atomic mass is 16.5. The Morgan fingerprint density at radius 2 is 1.72 bits per heavy atom. The molecule has 4 nitrogen and oxygen atoms in total. The van der Waals surface area contributed by atoms with E-state index in [9.17, 15) is 0 Å². The van der Waals surface area contributed by atoms with Crippen LogP contribution in [0.3, 0.4) is 0 Å². The van der Waals surface area contributed by atoms with E-state index in [1.807, 2.05) is 6.07 Å². The van der Waals surface area contributed by atoms with Gasteiger partial charge in [-0.05, 0) is 49.1 Å². The fourth-order valence-electron chi connectivity index (χ4n) is 3.43. The van der Waals surface area contributed by atoms with Gasteiger partial charge in [-0.3, -0.25) is 4.90 Å². The molecule has 1 fully saturated rings. The van der Waals surface area contributed by atoms with Crippen molar-refractivity contribution in [2.24, 2.45) is 0 Å². The van der Waals surface area contributed by atoms with Gasteiger partial charge in [0.2, 0.25) is 0 Å². The number of anilines is 1. The Morgan fingerprint density at radius 1 is 1.00 bits per heavy atom. The van der Waals surface area contributed by atoms with E-state index < -0.39 is 0 Å². The Morgan fingerprint density at radius 3 is 2.40 bits per heavy atom. The third-order valence-electron chi connectivity index (χ3n) is 4.95. The molecule has 4 heteroatoms. The second-order valence-electron chi connectivity index (χ2n) is 6.70. The summed E-state index contributed by atoms with van der Waals surface area (Å²) in [7, 11) is 3.36.